The molecule has 0 bridgehead atoms. The van der Waals surface area contributed by atoms with Gasteiger partial charge in [-0.1, -0.05) is 30.3 Å². The lowest BCUT2D eigenvalue weighted by atomic mass is 10.0. The average Bonchev–Trinajstić information content (AvgIpc) is 3.40. The number of piperidine rings is 1. The summed E-state index contributed by atoms with van der Waals surface area (Å²) in [6.45, 7) is 1.70. The fourth-order valence-electron chi connectivity index (χ4n) is 4.96. The number of benzene rings is 2. The van der Waals surface area contributed by atoms with E-state index in [-0.39, 0.29) is 48.7 Å². The molecule has 0 aliphatic carbocycles. The fraction of sp³-hybridized carbons (Fsp3) is 0.357. The standard InChI is InChI=1S/C28H27F3N6O5/c1-35(21-9-10-24(39)33-25(21)40)26(41)19-3-2-4-22(20(19)15-38)42-16-18-7-5-17(6-8-18)13-36-11-12-37-23(14-36)32-27(34-37)28(29,30)31/h2-8,15,21H,9-14,16H2,1H3,(H,33,39,40). The highest BCUT2D eigenvalue weighted by Crippen LogP contribution is 2.28. The number of aromatic nitrogens is 3. The molecule has 2 aliphatic rings. The topological polar surface area (TPSA) is 127 Å². The molecule has 1 N–H and O–H groups in total. The van der Waals surface area contributed by atoms with Crippen LogP contribution in [0.4, 0.5) is 13.2 Å². The number of nitrogens with one attached hydrogen (secondary N) is 1. The summed E-state index contributed by atoms with van der Waals surface area (Å²) < 4.78 is 46.0. The summed E-state index contributed by atoms with van der Waals surface area (Å²) in [5.74, 6) is -2.16. The van der Waals surface area contributed by atoms with E-state index in [0.717, 1.165) is 11.1 Å². The average molecular weight is 585 g/mol. The molecule has 0 spiro atoms. The zero-order valence-electron chi connectivity index (χ0n) is 22.6. The second-order valence-corrected chi connectivity index (χ2v) is 10.1. The van der Waals surface area contributed by atoms with Gasteiger partial charge in [0.1, 0.15) is 24.2 Å². The summed E-state index contributed by atoms with van der Waals surface area (Å²) >= 11 is 0. The number of fused-ring (bicyclic) bond motifs is 1. The molecule has 3 heterocycles. The van der Waals surface area contributed by atoms with Gasteiger partial charge in [-0.05, 0) is 29.7 Å². The van der Waals surface area contributed by atoms with Crippen molar-refractivity contribution in [1.29, 1.82) is 0 Å². The SMILES string of the molecule is CN(C(=O)c1cccc(OCc2ccc(CN3CCn4nc(C(F)(F)F)nc4C3)cc2)c1C=O)C1CCC(=O)NC1=O. The number of hydrogen-bond donors (Lipinski definition) is 1. The monoisotopic (exact) mass is 584 g/mol. The van der Waals surface area contributed by atoms with Crippen LogP contribution in [0, 0.1) is 0 Å². The quantitative estimate of drug-likeness (QED) is 0.316. The third-order valence-corrected chi connectivity index (χ3v) is 7.23. The van der Waals surface area contributed by atoms with E-state index in [0.29, 0.717) is 25.9 Å². The molecule has 220 valence electrons. The summed E-state index contributed by atoms with van der Waals surface area (Å²) in [6.07, 6.45) is -3.75. The number of amides is 3. The van der Waals surface area contributed by atoms with Crippen LogP contribution in [0.15, 0.2) is 42.5 Å². The molecule has 5 rings (SSSR count). The Morgan fingerprint density at radius 2 is 1.88 bits per heavy atom. The molecule has 1 fully saturated rings. The Balaban J connectivity index is 1.20. The van der Waals surface area contributed by atoms with Gasteiger partial charge in [0.05, 0.1) is 24.2 Å². The van der Waals surface area contributed by atoms with Crippen molar-refractivity contribution in [3.63, 3.8) is 0 Å². The summed E-state index contributed by atoms with van der Waals surface area (Å²) in [7, 11) is 1.45. The Hall–Kier alpha value is -4.59. The van der Waals surface area contributed by atoms with Crippen LogP contribution in [0.5, 0.6) is 5.75 Å². The molecule has 1 atom stereocenters. The number of halogens is 3. The van der Waals surface area contributed by atoms with Crippen LogP contribution in [-0.2, 0) is 42.0 Å². The first kappa shape index (κ1) is 28.9. The van der Waals surface area contributed by atoms with E-state index in [1.807, 2.05) is 29.2 Å². The van der Waals surface area contributed by atoms with Crippen molar-refractivity contribution < 1.29 is 37.1 Å². The van der Waals surface area contributed by atoms with Crippen LogP contribution in [0.1, 0.15) is 56.3 Å². The van der Waals surface area contributed by atoms with Gasteiger partial charge in [0.2, 0.25) is 11.8 Å². The molecule has 0 radical (unpaired) electrons. The number of alkyl halides is 3. The Morgan fingerprint density at radius 1 is 1.14 bits per heavy atom. The number of nitrogens with zero attached hydrogens (tertiary/aromatic N) is 5. The first-order valence-electron chi connectivity index (χ1n) is 13.2. The molecule has 0 saturated carbocycles. The molecular formula is C28H27F3N6O5. The van der Waals surface area contributed by atoms with Crippen LogP contribution < -0.4 is 10.1 Å². The molecule has 14 heteroatoms. The molecule has 3 aromatic rings. The zero-order valence-corrected chi connectivity index (χ0v) is 22.6. The molecule has 1 saturated heterocycles. The summed E-state index contributed by atoms with van der Waals surface area (Å²) in [6, 6.07) is 11.2. The number of likely N-dealkylation sites (N-methyl/N-ethyl adjacent to an activating group) is 1. The molecule has 3 amide bonds. The lowest BCUT2D eigenvalue weighted by Gasteiger charge is -2.30. The van der Waals surface area contributed by atoms with E-state index >= 15 is 0 Å². The van der Waals surface area contributed by atoms with Crippen molar-refractivity contribution in [3.8, 4) is 5.75 Å². The van der Waals surface area contributed by atoms with Gasteiger partial charge in [-0.15, -0.1) is 5.10 Å². The van der Waals surface area contributed by atoms with Gasteiger partial charge in [0.15, 0.2) is 6.29 Å². The molecule has 1 aromatic heterocycles. The van der Waals surface area contributed by atoms with Gasteiger partial charge in [-0.25, -0.2) is 9.67 Å². The largest absolute Gasteiger partial charge is 0.488 e. The third-order valence-electron chi connectivity index (χ3n) is 7.23. The van der Waals surface area contributed by atoms with E-state index in [2.05, 4.69) is 15.4 Å². The van der Waals surface area contributed by atoms with E-state index in [9.17, 15) is 32.3 Å². The minimum Gasteiger partial charge on any atom is -0.488 e. The lowest BCUT2D eigenvalue weighted by Crippen LogP contribution is -2.53. The fourth-order valence-corrected chi connectivity index (χ4v) is 4.96. The number of rotatable bonds is 8. The predicted molar refractivity (Wildman–Crippen MR) is 140 cm³/mol. The van der Waals surface area contributed by atoms with Crippen molar-refractivity contribution in [2.24, 2.45) is 0 Å². The highest BCUT2D eigenvalue weighted by Gasteiger charge is 2.38. The maximum Gasteiger partial charge on any atom is 0.453 e. The molecule has 2 aromatic carbocycles. The number of carbonyl (C=O) groups is 4. The van der Waals surface area contributed by atoms with Gasteiger partial charge in [0, 0.05) is 26.6 Å². The van der Waals surface area contributed by atoms with Crippen molar-refractivity contribution >= 4 is 24.0 Å². The first-order valence-corrected chi connectivity index (χ1v) is 13.2. The number of ether oxygens (including phenoxy) is 1. The van der Waals surface area contributed by atoms with Crippen molar-refractivity contribution in [2.45, 2.75) is 51.3 Å². The van der Waals surface area contributed by atoms with Crippen LogP contribution in [0.25, 0.3) is 0 Å². The molecule has 1 unspecified atom stereocenters. The molecule has 11 nitrogen and oxygen atoms in total. The summed E-state index contributed by atoms with van der Waals surface area (Å²) in [4.78, 5) is 55.7. The lowest BCUT2D eigenvalue weighted by molar-refractivity contribution is -0.145. The molecule has 42 heavy (non-hydrogen) atoms. The number of imide groups is 1. The maximum absolute atomic E-state index is 13.2. The van der Waals surface area contributed by atoms with Crippen molar-refractivity contribution in [2.75, 3.05) is 13.6 Å². The van der Waals surface area contributed by atoms with E-state index < -0.39 is 35.8 Å². The number of hydrogen-bond acceptors (Lipinski definition) is 8. The van der Waals surface area contributed by atoms with Gasteiger partial charge in [0.25, 0.3) is 11.7 Å². The Bertz CT molecular complexity index is 1520. The van der Waals surface area contributed by atoms with Crippen LogP contribution in [0.2, 0.25) is 0 Å². The maximum atomic E-state index is 13.2. The van der Waals surface area contributed by atoms with E-state index in [1.54, 1.807) is 12.1 Å². The van der Waals surface area contributed by atoms with Gasteiger partial charge in [-0.2, -0.15) is 13.2 Å². The van der Waals surface area contributed by atoms with Crippen molar-refractivity contribution in [3.05, 3.63) is 76.4 Å². The zero-order chi connectivity index (χ0) is 30.0. The van der Waals surface area contributed by atoms with Crippen LogP contribution in [0.3, 0.4) is 0 Å². The van der Waals surface area contributed by atoms with Crippen molar-refractivity contribution in [1.82, 2.24) is 29.9 Å². The first-order chi connectivity index (χ1) is 20.0. The Labute approximate surface area is 238 Å². The number of aldehydes is 1. The predicted octanol–water partition coefficient (Wildman–Crippen LogP) is 2.58. The smallest absolute Gasteiger partial charge is 0.453 e. The highest BCUT2D eigenvalue weighted by atomic mass is 19.4. The van der Waals surface area contributed by atoms with Crippen LogP contribution >= 0.6 is 0 Å². The highest BCUT2D eigenvalue weighted by molar-refractivity contribution is 6.06. The van der Waals surface area contributed by atoms with Gasteiger partial charge in [-0.3, -0.25) is 29.4 Å². The summed E-state index contributed by atoms with van der Waals surface area (Å²) in [5.41, 5.74) is 1.86. The van der Waals surface area contributed by atoms with E-state index in [1.165, 1.54) is 22.7 Å². The Morgan fingerprint density at radius 3 is 2.57 bits per heavy atom. The molecule has 2 aliphatic heterocycles. The van der Waals surface area contributed by atoms with E-state index in [4.69, 9.17) is 4.74 Å². The van der Waals surface area contributed by atoms with Gasteiger partial charge >= 0.3 is 6.18 Å². The Kier molecular flexibility index (Phi) is 8.07. The van der Waals surface area contributed by atoms with Crippen LogP contribution in [-0.4, -0.2) is 68.2 Å². The third kappa shape index (κ3) is 6.17. The minimum atomic E-state index is -4.58. The second-order valence-electron chi connectivity index (χ2n) is 10.1. The normalized spacial score (nSPS) is 17.4. The second kappa shape index (κ2) is 11.7. The number of carbonyl (C=O) groups excluding carboxylic acids is 4. The summed E-state index contributed by atoms with van der Waals surface area (Å²) in [5, 5.41) is 5.77. The van der Waals surface area contributed by atoms with Gasteiger partial charge < -0.3 is 9.64 Å². The minimum absolute atomic E-state index is 0.0462. The molecular weight excluding hydrogens is 557 g/mol.